The molecular weight excluding hydrogens is 661 g/mol. The van der Waals surface area contributed by atoms with Gasteiger partial charge < -0.3 is 0 Å². The van der Waals surface area contributed by atoms with Crippen LogP contribution in [0.1, 0.15) is 19.3 Å². The van der Waals surface area contributed by atoms with Gasteiger partial charge in [0.1, 0.15) is 24.2 Å². The third-order valence-corrected chi connectivity index (χ3v) is 27.6. The molecule has 1 saturated carbocycles. The van der Waals surface area contributed by atoms with Crippen molar-refractivity contribution in [3.8, 4) is 0 Å². The molecule has 1 aliphatic rings. The molecule has 0 spiro atoms. The van der Waals surface area contributed by atoms with E-state index in [4.69, 9.17) is 19.7 Å². The van der Waals surface area contributed by atoms with Crippen molar-refractivity contribution in [3.05, 3.63) is 219 Å². The zero-order valence-corrected chi connectivity index (χ0v) is 32.5. The second kappa shape index (κ2) is 15.2. The van der Waals surface area contributed by atoms with E-state index >= 15 is 0 Å². The summed E-state index contributed by atoms with van der Waals surface area (Å²) in [6.45, 7) is 14.3. The SMILES string of the molecule is C=C[Si](c1ccccc1)(c1ccccc1)C1CCC([Si](C=C)(c2ccccc2)c2ccccc2)C([Si](C=C)(c2ccccc2)c2ccccc2)C1. The highest BCUT2D eigenvalue weighted by Gasteiger charge is 2.58. The van der Waals surface area contributed by atoms with Crippen LogP contribution in [0.25, 0.3) is 0 Å². The monoisotopic (exact) mass is 708 g/mol. The lowest BCUT2D eigenvalue weighted by Crippen LogP contribution is -2.70. The van der Waals surface area contributed by atoms with E-state index in [0.717, 1.165) is 19.3 Å². The van der Waals surface area contributed by atoms with Crippen LogP contribution in [0.3, 0.4) is 0 Å². The Morgan fingerprint density at radius 2 is 0.588 bits per heavy atom. The quantitative estimate of drug-likeness (QED) is 0.112. The maximum Gasteiger partial charge on any atom is 0.143 e. The fourth-order valence-corrected chi connectivity index (χ4v) is 26.3. The van der Waals surface area contributed by atoms with E-state index in [-0.39, 0.29) is 0 Å². The number of hydrogen-bond acceptors (Lipinski definition) is 0. The van der Waals surface area contributed by atoms with Gasteiger partial charge in [-0.15, -0.1) is 19.7 Å². The van der Waals surface area contributed by atoms with Crippen LogP contribution in [0.4, 0.5) is 0 Å². The van der Waals surface area contributed by atoms with E-state index in [0.29, 0.717) is 16.6 Å². The zero-order valence-electron chi connectivity index (χ0n) is 29.5. The summed E-state index contributed by atoms with van der Waals surface area (Å²) in [5, 5.41) is 8.70. The predicted octanol–water partition coefficient (Wildman–Crippen LogP) is 8.25. The molecule has 1 fully saturated rings. The molecule has 6 aromatic carbocycles. The highest BCUT2D eigenvalue weighted by atomic mass is 28.3. The van der Waals surface area contributed by atoms with Crippen LogP contribution in [-0.4, -0.2) is 24.2 Å². The van der Waals surface area contributed by atoms with Gasteiger partial charge >= 0.3 is 0 Å². The lowest BCUT2D eigenvalue weighted by atomic mass is 9.98. The van der Waals surface area contributed by atoms with Crippen molar-refractivity contribution in [2.45, 2.75) is 35.9 Å². The molecule has 3 heteroatoms. The predicted molar refractivity (Wildman–Crippen MR) is 229 cm³/mol. The van der Waals surface area contributed by atoms with Crippen LogP contribution in [0, 0.1) is 0 Å². The van der Waals surface area contributed by atoms with Gasteiger partial charge in [-0.3, -0.25) is 0 Å². The average molecular weight is 709 g/mol. The topological polar surface area (TPSA) is 0 Å². The zero-order chi connectivity index (χ0) is 35.2. The largest absolute Gasteiger partial charge is 0.143 e. The summed E-state index contributed by atoms with van der Waals surface area (Å²) in [5.74, 6) is 0. The Bertz CT molecular complexity index is 1910. The fraction of sp³-hybridized carbons (Fsp3) is 0.125. The van der Waals surface area contributed by atoms with E-state index in [1.54, 1.807) is 0 Å². The maximum atomic E-state index is 4.82. The normalized spacial score (nSPS) is 18.0. The molecule has 7 rings (SSSR count). The standard InChI is InChI=1S/C48H48Si3/c1-4-49(40-25-13-7-14-26-40,41-27-15-8-16-28-41)46-37-38-47(50(5-2,42-29-17-9-18-30-42)43-31-19-10-20-32-43)48(39-46)51(6-3,44-33-21-11-22-34-44)45-35-23-12-24-36-45/h4-36,46-48H,1-3,37-39H2. The Hall–Kier alpha value is -4.81. The van der Waals surface area contributed by atoms with E-state index in [9.17, 15) is 0 Å². The van der Waals surface area contributed by atoms with Gasteiger partial charge in [0, 0.05) is 0 Å². The van der Waals surface area contributed by atoms with Crippen LogP contribution >= 0.6 is 0 Å². The smallest absolute Gasteiger partial charge is 0.106 e. The Kier molecular flexibility index (Phi) is 10.3. The third kappa shape index (κ3) is 5.93. The summed E-state index contributed by atoms with van der Waals surface area (Å²) >= 11 is 0. The van der Waals surface area contributed by atoms with Crippen LogP contribution in [0.15, 0.2) is 219 Å². The molecule has 1 aliphatic carbocycles. The maximum absolute atomic E-state index is 4.82. The van der Waals surface area contributed by atoms with Crippen molar-refractivity contribution < 1.29 is 0 Å². The molecule has 0 bridgehead atoms. The van der Waals surface area contributed by atoms with Gasteiger partial charge in [0.15, 0.2) is 0 Å². The molecule has 6 aromatic rings. The van der Waals surface area contributed by atoms with Crippen LogP contribution in [0.5, 0.6) is 0 Å². The lowest BCUT2D eigenvalue weighted by molar-refractivity contribution is 0.482. The van der Waals surface area contributed by atoms with E-state index in [1.165, 1.54) is 31.1 Å². The molecule has 0 radical (unpaired) electrons. The summed E-state index contributed by atoms with van der Waals surface area (Å²) in [4.78, 5) is 0. The lowest BCUT2D eigenvalue weighted by Gasteiger charge is -2.54. The van der Waals surface area contributed by atoms with Gasteiger partial charge in [-0.05, 0) is 47.7 Å². The molecule has 252 valence electrons. The Morgan fingerprint density at radius 1 is 0.333 bits per heavy atom. The summed E-state index contributed by atoms with van der Waals surface area (Å²) in [6.07, 6.45) is 3.38. The summed E-state index contributed by atoms with van der Waals surface area (Å²) in [6, 6.07) is 68.4. The van der Waals surface area contributed by atoms with Gasteiger partial charge in [-0.2, -0.15) is 0 Å². The minimum absolute atomic E-state index is 0.364. The second-order valence-electron chi connectivity index (χ2n) is 14.1. The molecule has 51 heavy (non-hydrogen) atoms. The first-order valence-corrected chi connectivity index (χ1v) is 24.9. The molecule has 0 nitrogen and oxygen atoms in total. The molecule has 0 aliphatic heterocycles. The first-order valence-electron chi connectivity index (χ1n) is 18.4. The van der Waals surface area contributed by atoms with Crippen LogP contribution in [0.2, 0.25) is 16.6 Å². The van der Waals surface area contributed by atoms with Crippen molar-refractivity contribution in [2.75, 3.05) is 0 Å². The van der Waals surface area contributed by atoms with Gasteiger partial charge in [0.25, 0.3) is 0 Å². The second-order valence-corrected chi connectivity index (χ2v) is 26.3. The molecule has 3 unspecified atom stereocenters. The van der Waals surface area contributed by atoms with Gasteiger partial charge in [-0.1, -0.05) is 218 Å². The average Bonchev–Trinajstić information content (AvgIpc) is 3.22. The van der Waals surface area contributed by atoms with E-state index < -0.39 is 24.2 Å². The first-order chi connectivity index (χ1) is 25.1. The minimum Gasteiger partial charge on any atom is -0.106 e. The molecule has 0 N–H and O–H groups in total. The Balaban J connectivity index is 1.54. The van der Waals surface area contributed by atoms with Gasteiger partial charge in [0.2, 0.25) is 0 Å². The van der Waals surface area contributed by atoms with Crippen LogP contribution < -0.4 is 31.1 Å². The number of hydrogen-bond donors (Lipinski definition) is 0. The Labute approximate surface area is 308 Å². The molecule has 0 amide bonds. The highest BCUT2D eigenvalue weighted by molar-refractivity contribution is 7.12. The fourth-order valence-electron chi connectivity index (χ4n) is 9.92. The Morgan fingerprint density at radius 3 is 0.863 bits per heavy atom. The molecule has 0 aromatic heterocycles. The molecular formula is C48H48Si3. The van der Waals surface area contributed by atoms with Crippen molar-refractivity contribution in [1.82, 2.24) is 0 Å². The molecule has 0 saturated heterocycles. The first kappa shape index (κ1) is 34.6. The number of benzene rings is 6. The summed E-state index contributed by atoms with van der Waals surface area (Å²) < 4.78 is 0. The van der Waals surface area contributed by atoms with Crippen molar-refractivity contribution in [3.63, 3.8) is 0 Å². The highest BCUT2D eigenvalue weighted by Crippen LogP contribution is 2.56. The van der Waals surface area contributed by atoms with Crippen molar-refractivity contribution in [1.29, 1.82) is 0 Å². The number of rotatable bonds is 12. The minimum atomic E-state index is -2.67. The van der Waals surface area contributed by atoms with Crippen molar-refractivity contribution >= 4 is 55.3 Å². The van der Waals surface area contributed by atoms with Gasteiger partial charge in [0.05, 0.1) is 0 Å². The van der Waals surface area contributed by atoms with Gasteiger partial charge in [-0.25, -0.2) is 0 Å². The third-order valence-electron chi connectivity index (χ3n) is 12.1. The van der Waals surface area contributed by atoms with Crippen LogP contribution in [-0.2, 0) is 0 Å². The van der Waals surface area contributed by atoms with Crippen molar-refractivity contribution in [2.24, 2.45) is 0 Å². The molecule has 0 heterocycles. The summed E-state index contributed by atoms with van der Waals surface area (Å²) in [5.41, 5.74) is 8.52. The van der Waals surface area contributed by atoms with E-state index in [1.807, 2.05) is 0 Å². The molecule has 3 atom stereocenters. The summed E-state index contributed by atoms with van der Waals surface area (Å²) in [7, 11) is -7.74. The van der Waals surface area contributed by atoms with E-state index in [2.05, 4.69) is 199 Å².